The Morgan fingerprint density at radius 2 is 1.71 bits per heavy atom. The minimum atomic E-state index is -0.833. The molecule has 0 fully saturated rings. The monoisotopic (exact) mass is 577 g/mol. The molecule has 1 unspecified atom stereocenters. The number of anilines is 1. The number of carbonyl (C=O) groups is 3. The lowest BCUT2D eigenvalue weighted by Crippen LogP contribution is -2.39. The average Bonchev–Trinajstić information content (AvgIpc) is 3.20. The van der Waals surface area contributed by atoms with Crippen LogP contribution in [0.4, 0.5) is 5.69 Å². The van der Waals surface area contributed by atoms with Gasteiger partial charge in [0, 0.05) is 33.6 Å². The number of ether oxygens (including phenoxy) is 2. The van der Waals surface area contributed by atoms with Gasteiger partial charge in [-0.05, 0) is 48.4 Å². The lowest BCUT2D eigenvalue weighted by atomic mass is 9.96. The second-order valence-corrected chi connectivity index (χ2v) is 10.1. The largest absolute Gasteiger partial charge is 0.481 e. The number of benzene rings is 2. The summed E-state index contributed by atoms with van der Waals surface area (Å²) in [5.74, 6) is -1.49. The van der Waals surface area contributed by atoms with E-state index in [2.05, 4.69) is 11.6 Å². The Balaban J connectivity index is 0.00000108. The van der Waals surface area contributed by atoms with E-state index in [9.17, 15) is 14.4 Å². The predicted octanol–water partition coefficient (Wildman–Crippen LogP) is 3.05. The Kier molecular flexibility index (Phi) is 10.2. The number of esters is 2. The standard InChI is InChI=1S/C28H27N3O5S.C2H4O2/c1-6-15-35-27(34)24-17(2)29-28-31(25(24)20-9-13-22(14-10-20)36-18(3)32)26(33)23(37-28)16-19-7-11-21(12-8-19)30(4)5;1-2(3)4/h6-14,16,25H,1,15H2,2-5H3;1H3,(H,3,4)/b23-16+;. The van der Waals surface area contributed by atoms with Crippen molar-refractivity contribution >= 4 is 41.0 Å². The van der Waals surface area contributed by atoms with Crippen molar-refractivity contribution in [2.24, 2.45) is 4.99 Å². The topological polar surface area (TPSA) is 127 Å². The second kappa shape index (κ2) is 13.5. The van der Waals surface area contributed by atoms with Crippen molar-refractivity contribution in [1.29, 1.82) is 0 Å². The number of nitrogens with zero attached hydrogens (tertiary/aromatic N) is 3. The van der Waals surface area contributed by atoms with Crippen molar-refractivity contribution in [3.8, 4) is 5.75 Å². The number of hydrogen-bond donors (Lipinski definition) is 1. The van der Waals surface area contributed by atoms with Gasteiger partial charge in [0.15, 0.2) is 4.80 Å². The first-order valence-electron chi connectivity index (χ1n) is 12.5. The summed E-state index contributed by atoms with van der Waals surface area (Å²) in [5.41, 5.74) is 3.03. The third-order valence-electron chi connectivity index (χ3n) is 5.74. The van der Waals surface area contributed by atoms with Crippen LogP contribution in [0, 0.1) is 0 Å². The van der Waals surface area contributed by atoms with Crippen LogP contribution in [-0.2, 0) is 19.1 Å². The molecule has 214 valence electrons. The molecule has 2 aromatic carbocycles. The first kappa shape index (κ1) is 30.8. The van der Waals surface area contributed by atoms with Gasteiger partial charge in [0.2, 0.25) is 0 Å². The van der Waals surface area contributed by atoms with Crippen molar-refractivity contribution in [1.82, 2.24) is 4.57 Å². The maximum atomic E-state index is 13.7. The van der Waals surface area contributed by atoms with Crippen molar-refractivity contribution in [2.45, 2.75) is 26.8 Å². The number of hydrogen-bond acceptors (Lipinski definition) is 9. The lowest BCUT2D eigenvalue weighted by molar-refractivity contribution is -0.138. The van der Waals surface area contributed by atoms with Crippen LogP contribution in [-0.4, -0.2) is 48.3 Å². The zero-order valence-corrected chi connectivity index (χ0v) is 24.2. The number of allylic oxidation sites excluding steroid dienone is 1. The van der Waals surface area contributed by atoms with Crippen molar-refractivity contribution in [3.05, 3.63) is 103 Å². The fraction of sp³-hybridized carbons (Fsp3) is 0.233. The number of carbonyl (C=O) groups excluding carboxylic acids is 2. The Labute approximate surface area is 240 Å². The van der Waals surface area contributed by atoms with Gasteiger partial charge in [-0.1, -0.05) is 48.3 Å². The van der Waals surface area contributed by atoms with Crippen LogP contribution >= 0.6 is 11.3 Å². The predicted molar refractivity (Wildman–Crippen MR) is 157 cm³/mol. The third kappa shape index (κ3) is 7.67. The molecule has 0 aliphatic carbocycles. The summed E-state index contributed by atoms with van der Waals surface area (Å²) in [6.07, 6.45) is 3.30. The molecule has 0 saturated carbocycles. The molecular formula is C30H31N3O7S. The van der Waals surface area contributed by atoms with E-state index in [0.717, 1.165) is 18.2 Å². The highest BCUT2D eigenvalue weighted by Crippen LogP contribution is 2.31. The molecule has 1 aliphatic rings. The van der Waals surface area contributed by atoms with Gasteiger partial charge < -0.3 is 19.5 Å². The normalized spacial score (nSPS) is 14.2. The van der Waals surface area contributed by atoms with Crippen LogP contribution in [0.5, 0.6) is 5.75 Å². The highest BCUT2D eigenvalue weighted by atomic mass is 32.1. The van der Waals surface area contributed by atoms with E-state index >= 15 is 0 Å². The molecule has 11 heteroatoms. The molecule has 10 nitrogen and oxygen atoms in total. The van der Waals surface area contributed by atoms with E-state index in [1.165, 1.54) is 28.9 Å². The molecule has 2 heterocycles. The molecule has 0 bridgehead atoms. The fourth-order valence-corrected chi connectivity index (χ4v) is 5.06. The zero-order chi connectivity index (χ0) is 30.3. The first-order chi connectivity index (χ1) is 19.4. The molecular weight excluding hydrogens is 546 g/mol. The van der Waals surface area contributed by atoms with Crippen LogP contribution in [0.3, 0.4) is 0 Å². The van der Waals surface area contributed by atoms with E-state index in [-0.39, 0.29) is 17.7 Å². The minimum absolute atomic E-state index is 0.0289. The molecule has 0 radical (unpaired) electrons. The van der Waals surface area contributed by atoms with Crippen LogP contribution in [0.25, 0.3) is 6.08 Å². The molecule has 4 rings (SSSR count). The van der Waals surface area contributed by atoms with Crippen LogP contribution in [0.2, 0.25) is 0 Å². The maximum Gasteiger partial charge on any atom is 0.338 e. The molecule has 0 saturated heterocycles. The zero-order valence-electron chi connectivity index (χ0n) is 23.4. The van der Waals surface area contributed by atoms with E-state index < -0.39 is 23.9 Å². The third-order valence-corrected chi connectivity index (χ3v) is 6.72. The maximum absolute atomic E-state index is 13.7. The number of aliphatic carboxylic acids is 1. The molecule has 0 amide bonds. The van der Waals surface area contributed by atoms with Crippen molar-refractivity contribution in [3.63, 3.8) is 0 Å². The minimum Gasteiger partial charge on any atom is -0.481 e. The van der Waals surface area contributed by atoms with Crippen LogP contribution in [0.1, 0.15) is 37.9 Å². The number of carboxylic acids is 1. The molecule has 1 aromatic heterocycles. The summed E-state index contributed by atoms with van der Waals surface area (Å²) < 4.78 is 12.5. The van der Waals surface area contributed by atoms with Gasteiger partial charge in [-0.3, -0.25) is 19.0 Å². The van der Waals surface area contributed by atoms with Gasteiger partial charge >= 0.3 is 11.9 Å². The van der Waals surface area contributed by atoms with Crippen LogP contribution in [0.15, 0.2) is 82.2 Å². The summed E-state index contributed by atoms with van der Waals surface area (Å²) in [6, 6.07) is 13.8. The molecule has 1 N–H and O–H groups in total. The smallest absolute Gasteiger partial charge is 0.338 e. The van der Waals surface area contributed by atoms with E-state index in [4.69, 9.17) is 19.4 Å². The summed E-state index contributed by atoms with van der Waals surface area (Å²) in [7, 11) is 3.93. The molecule has 3 aromatic rings. The summed E-state index contributed by atoms with van der Waals surface area (Å²) in [6.45, 7) is 7.75. The van der Waals surface area contributed by atoms with Gasteiger partial charge in [-0.15, -0.1) is 0 Å². The average molecular weight is 578 g/mol. The van der Waals surface area contributed by atoms with E-state index in [0.29, 0.717) is 26.3 Å². The first-order valence-corrected chi connectivity index (χ1v) is 13.3. The Hall–Kier alpha value is -4.77. The van der Waals surface area contributed by atoms with Crippen molar-refractivity contribution < 1.29 is 29.0 Å². The van der Waals surface area contributed by atoms with Gasteiger partial charge in [-0.2, -0.15) is 0 Å². The highest BCUT2D eigenvalue weighted by molar-refractivity contribution is 7.07. The number of aromatic nitrogens is 1. The van der Waals surface area contributed by atoms with Crippen LogP contribution < -0.4 is 24.5 Å². The van der Waals surface area contributed by atoms with Crippen molar-refractivity contribution in [2.75, 3.05) is 25.6 Å². The Morgan fingerprint density at radius 1 is 1.10 bits per heavy atom. The number of thiazole rings is 1. The van der Waals surface area contributed by atoms with E-state index in [1.807, 2.05) is 49.3 Å². The Morgan fingerprint density at radius 3 is 2.24 bits per heavy atom. The summed E-state index contributed by atoms with van der Waals surface area (Å²) in [4.78, 5) is 54.2. The summed E-state index contributed by atoms with van der Waals surface area (Å²) in [5, 5.41) is 7.42. The van der Waals surface area contributed by atoms with Gasteiger partial charge in [0.05, 0.1) is 21.8 Å². The number of carboxylic acid groups (broad SMARTS) is 1. The Bertz CT molecular complexity index is 1660. The fourth-order valence-electron chi connectivity index (χ4n) is 4.01. The SMILES string of the molecule is C=CCOC(=O)C1=C(C)N=c2s/c(=C/c3ccc(N(C)C)cc3)c(=O)n2C1c1ccc(OC(C)=O)cc1.CC(=O)O. The molecule has 1 atom stereocenters. The molecule has 1 aliphatic heterocycles. The number of rotatable bonds is 7. The lowest BCUT2D eigenvalue weighted by Gasteiger charge is -2.24. The van der Waals surface area contributed by atoms with E-state index in [1.54, 1.807) is 31.2 Å². The van der Waals surface area contributed by atoms with Gasteiger partial charge in [0.1, 0.15) is 12.4 Å². The highest BCUT2D eigenvalue weighted by Gasteiger charge is 2.33. The quantitative estimate of drug-likeness (QED) is 0.258. The molecule has 0 spiro atoms. The van der Waals surface area contributed by atoms with Gasteiger partial charge in [0.25, 0.3) is 11.5 Å². The molecule has 41 heavy (non-hydrogen) atoms. The summed E-state index contributed by atoms with van der Waals surface area (Å²) >= 11 is 1.26. The second-order valence-electron chi connectivity index (χ2n) is 9.14. The van der Waals surface area contributed by atoms with Gasteiger partial charge in [-0.25, -0.2) is 9.79 Å². The number of fused-ring (bicyclic) bond motifs is 1.